The monoisotopic (exact) mass is 385 g/mol. The molecule has 0 spiro atoms. The van der Waals surface area contributed by atoms with Crippen LogP contribution in [0.25, 0.3) is 0 Å². The van der Waals surface area contributed by atoms with Gasteiger partial charge in [0.25, 0.3) is 5.91 Å². The van der Waals surface area contributed by atoms with E-state index in [1.165, 1.54) is 18.2 Å². The maximum absolute atomic E-state index is 13.4. The highest BCUT2D eigenvalue weighted by Gasteiger charge is 2.31. The van der Waals surface area contributed by atoms with Gasteiger partial charge in [0.15, 0.2) is 6.61 Å². The Morgan fingerprint density at radius 3 is 2.68 bits per heavy atom. The van der Waals surface area contributed by atoms with Crippen LogP contribution >= 0.6 is 0 Å². The number of hydrogen-bond donors (Lipinski definition) is 3. The summed E-state index contributed by atoms with van der Waals surface area (Å²) in [7, 11) is 0. The molecule has 8 heteroatoms. The second-order valence-electron chi connectivity index (χ2n) is 6.29. The quantitative estimate of drug-likeness (QED) is 0.711. The molecule has 3 amide bonds. The zero-order valence-electron chi connectivity index (χ0n) is 15.3. The highest BCUT2D eigenvalue weighted by molar-refractivity contribution is 6.05. The fourth-order valence-corrected chi connectivity index (χ4v) is 2.93. The molecular weight excluding hydrogens is 365 g/mol. The summed E-state index contributed by atoms with van der Waals surface area (Å²) in [6, 6.07) is 10.5. The lowest BCUT2D eigenvalue weighted by molar-refractivity contribution is -0.123. The third kappa shape index (κ3) is 4.64. The van der Waals surface area contributed by atoms with E-state index >= 15 is 0 Å². The zero-order chi connectivity index (χ0) is 20.1. The SMILES string of the molecule is CCNC(=O)COc1ccc(NC(=O)C2CC(=O)Nc3cc(F)ccc32)cc1. The van der Waals surface area contributed by atoms with E-state index in [4.69, 9.17) is 4.74 Å². The van der Waals surface area contributed by atoms with Gasteiger partial charge in [0.05, 0.1) is 5.92 Å². The number of hydrogen-bond acceptors (Lipinski definition) is 4. The predicted octanol–water partition coefficient (Wildman–Crippen LogP) is 2.41. The van der Waals surface area contributed by atoms with E-state index in [1.807, 2.05) is 6.92 Å². The Morgan fingerprint density at radius 1 is 1.21 bits per heavy atom. The molecule has 7 nitrogen and oxygen atoms in total. The lowest BCUT2D eigenvalue weighted by Gasteiger charge is -2.25. The second-order valence-corrected chi connectivity index (χ2v) is 6.29. The molecule has 0 radical (unpaired) electrons. The van der Waals surface area contributed by atoms with Gasteiger partial charge in [0, 0.05) is 24.3 Å². The van der Waals surface area contributed by atoms with Crippen molar-refractivity contribution in [2.24, 2.45) is 0 Å². The molecule has 0 aliphatic carbocycles. The Hall–Kier alpha value is -3.42. The first-order valence-electron chi connectivity index (χ1n) is 8.86. The molecule has 146 valence electrons. The molecule has 1 atom stereocenters. The maximum Gasteiger partial charge on any atom is 0.257 e. The number of fused-ring (bicyclic) bond motifs is 1. The number of amides is 3. The van der Waals surface area contributed by atoms with Crippen LogP contribution in [0.2, 0.25) is 0 Å². The first-order chi connectivity index (χ1) is 13.5. The minimum absolute atomic E-state index is 0.0157. The van der Waals surface area contributed by atoms with Gasteiger partial charge in [-0.3, -0.25) is 14.4 Å². The third-order valence-electron chi connectivity index (χ3n) is 4.24. The summed E-state index contributed by atoms with van der Waals surface area (Å²) in [5, 5.41) is 7.96. The average Bonchev–Trinajstić information content (AvgIpc) is 2.66. The van der Waals surface area contributed by atoms with Crippen LogP contribution in [0.4, 0.5) is 15.8 Å². The Balaban J connectivity index is 1.65. The molecule has 3 rings (SSSR count). The van der Waals surface area contributed by atoms with Crippen LogP contribution in [0.5, 0.6) is 5.75 Å². The van der Waals surface area contributed by atoms with Gasteiger partial charge in [-0.25, -0.2) is 4.39 Å². The first kappa shape index (κ1) is 19.3. The second kappa shape index (κ2) is 8.51. The summed E-state index contributed by atoms with van der Waals surface area (Å²) in [4.78, 5) is 35.9. The van der Waals surface area contributed by atoms with Crippen LogP contribution in [0.3, 0.4) is 0 Å². The third-order valence-corrected chi connectivity index (χ3v) is 4.24. The number of likely N-dealkylation sites (N-methyl/N-ethyl adjacent to an activating group) is 1. The van der Waals surface area contributed by atoms with Crippen molar-refractivity contribution in [3.05, 3.63) is 53.8 Å². The normalized spacial score (nSPS) is 15.2. The van der Waals surface area contributed by atoms with E-state index in [9.17, 15) is 18.8 Å². The molecule has 1 heterocycles. The predicted molar refractivity (Wildman–Crippen MR) is 102 cm³/mol. The molecule has 0 fully saturated rings. The van der Waals surface area contributed by atoms with Gasteiger partial charge in [-0.2, -0.15) is 0 Å². The zero-order valence-corrected chi connectivity index (χ0v) is 15.3. The van der Waals surface area contributed by atoms with E-state index in [1.54, 1.807) is 24.3 Å². The number of anilines is 2. The average molecular weight is 385 g/mol. The highest BCUT2D eigenvalue weighted by atomic mass is 19.1. The van der Waals surface area contributed by atoms with E-state index in [0.29, 0.717) is 29.2 Å². The topological polar surface area (TPSA) is 96.5 Å². The van der Waals surface area contributed by atoms with Crippen LogP contribution in [0.15, 0.2) is 42.5 Å². The van der Waals surface area contributed by atoms with Gasteiger partial charge < -0.3 is 20.7 Å². The van der Waals surface area contributed by atoms with Gasteiger partial charge in [0.1, 0.15) is 11.6 Å². The van der Waals surface area contributed by atoms with Crippen molar-refractivity contribution in [1.82, 2.24) is 5.32 Å². The number of benzene rings is 2. The number of carbonyl (C=O) groups is 3. The van der Waals surface area contributed by atoms with Crippen molar-refractivity contribution < 1.29 is 23.5 Å². The highest BCUT2D eigenvalue weighted by Crippen LogP contribution is 2.33. The van der Waals surface area contributed by atoms with Crippen molar-refractivity contribution in [2.45, 2.75) is 19.3 Å². The first-order valence-corrected chi connectivity index (χ1v) is 8.86. The smallest absolute Gasteiger partial charge is 0.257 e. The van der Waals surface area contributed by atoms with Crippen molar-refractivity contribution in [3.63, 3.8) is 0 Å². The van der Waals surface area contributed by atoms with Crippen LogP contribution in [0, 0.1) is 5.82 Å². The van der Waals surface area contributed by atoms with Crippen molar-refractivity contribution >= 4 is 29.1 Å². The Bertz CT molecular complexity index is 899. The molecule has 1 aliphatic rings. The Kier molecular flexibility index (Phi) is 5.88. The summed E-state index contributed by atoms with van der Waals surface area (Å²) in [6.07, 6.45) is -0.0157. The van der Waals surface area contributed by atoms with Gasteiger partial charge in [-0.15, -0.1) is 0 Å². The van der Waals surface area contributed by atoms with E-state index in [0.717, 1.165) is 0 Å². The Labute approximate surface area is 161 Å². The largest absolute Gasteiger partial charge is 0.484 e. The standard InChI is InChI=1S/C20H20FN3O4/c1-2-22-19(26)11-28-14-6-4-13(5-7-14)23-20(27)16-10-18(25)24-17-9-12(21)3-8-15(16)17/h3-9,16H,2,10-11H2,1H3,(H,22,26)(H,23,27)(H,24,25). The summed E-state index contributed by atoms with van der Waals surface area (Å²) < 4.78 is 18.8. The molecule has 0 saturated heterocycles. The minimum atomic E-state index is -0.710. The van der Waals surface area contributed by atoms with Gasteiger partial charge in [-0.05, 0) is 48.9 Å². The molecule has 1 unspecified atom stereocenters. The van der Waals surface area contributed by atoms with Crippen molar-refractivity contribution in [2.75, 3.05) is 23.8 Å². The molecular formula is C20H20FN3O4. The lowest BCUT2D eigenvalue weighted by Crippen LogP contribution is -2.30. The molecule has 1 aliphatic heterocycles. The van der Waals surface area contributed by atoms with Crippen LogP contribution in [-0.2, 0) is 14.4 Å². The number of ether oxygens (including phenoxy) is 1. The molecule has 3 N–H and O–H groups in total. The van der Waals surface area contributed by atoms with Gasteiger partial charge >= 0.3 is 0 Å². The van der Waals surface area contributed by atoms with Gasteiger partial charge in [0.2, 0.25) is 11.8 Å². The Morgan fingerprint density at radius 2 is 1.96 bits per heavy atom. The van der Waals surface area contributed by atoms with E-state index in [-0.39, 0.29) is 30.7 Å². The molecule has 28 heavy (non-hydrogen) atoms. The number of halogens is 1. The molecule has 0 bridgehead atoms. The number of rotatable bonds is 6. The fourth-order valence-electron chi connectivity index (χ4n) is 2.93. The number of carbonyl (C=O) groups excluding carboxylic acids is 3. The molecule has 2 aromatic carbocycles. The summed E-state index contributed by atoms with van der Waals surface area (Å²) in [5.74, 6) is -1.62. The van der Waals surface area contributed by atoms with Crippen LogP contribution in [-0.4, -0.2) is 30.9 Å². The van der Waals surface area contributed by atoms with Crippen molar-refractivity contribution in [1.29, 1.82) is 0 Å². The fraction of sp³-hybridized carbons (Fsp3) is 0.250. The summed E-state index contributed by atoms with van der Waals surface area (Å²) >= 11 is 0. The molecule has 0 saturated carbocycles. The van der Waals surface area contributed by atoms with Crippen LogP contribution in [0.1, 0.15) is 24.8 Å². The lowest BCUT2D eigenvalue weighted by atomic mass is 9.89. The van der Waals surface area contributed by atoms with Crippen molar-refractivity contribution in [3.8, 4) is 5.75 Å². The maximum atomic E-state index is 13.4. The number of nitrogens with one attached hydrogen (secondary N) is 3. The van der Waals surface area contributed by atoms with E-state index in [2.05, 4.69) is 16.0 Å². The molecule has 0 aromatic heterocycles. The van der Waals surface area contributed by atoms with E-state index < -0.39 is 11.7 Å². The summed E-state index contributed by atoms with van der Waals surface area (Å²) in [6.45, 7) is 2.26. The minimum Gasteiger partial charge on any atom is -0.484 e. The summed E-state index contributed by atoms with van der Waals surface area (Å²) in [5.41, 5.74) is 1.40. The van der Waals surface area contributed by atoms with Gasteiger partial charge in [-0.1, -0.05) is 6.07 Å². The van der Waals surface area contributed by atoms with Crippen LogP contribution < -0.4 is 20.7 Å². The molecule has 2 aromatic rings.